The number of pyridine rings is 1. The second-order valence-corrected chi connectivity index (χ2v) is 6.43. The molecule has 0 spiro atoms. The van der Waals surface area contributed by atoms with E-state index in [9.17, 15) is 10.1 Å². The molecule has 0 bridgehead atoms. The molecule has 0 saturated heterocycles. The van der Waals surface area contributed by atoms with Crippen LogP contribution in [0, 0.1) is 10.1 Å². The molecule has 0 atom stereocenters. The Hall–Kier alpha value is -3.13. The molecule has 0 fully saturated rings. The molecule has 2 aromatic heterocycles. The number of hydrogen-bond donors (Lipinski definition) is 1. The summed E-state index contributed by atoms with van der Waals surface area (Å²) >= 11 is 0. The molecular formula is C20H25N5O3. The van der Waals surface area contributed by atoms with Crippen molar-refractivity contribution in [3.8, 4) is 17.0 Å². The molecule has 0 unspecified atom stereocenters. The van der Waals surface area contributed by atoms with Gasteiger partial charge in [-0.1, -0.05) is 13.8 Å². The van der Waals surface area contributed by atoms with E-state index in [0.717, 1.165) is 24.4 Å². The number of nitrogens with two attached hydrogens (primary N) is 1. The first-order chi connectivity index (χ1) is 13.5. The predicted molar refractivity (Wildman–Crippen MR) is 109 cm³/mol. The SMILES string of the molecule is CCOc1ccc(-c2nc3ccc(N)cn3c2CN(CC)CC)cc1[N+](=O)[O-]. The van der Waals surface area contributed by atoms with Crippen molar-refractivity contribution in [1.82, 2.24) is 14.3 Å². The van der Waals surface area contributed by atoms with E-state index in [1.54, 1.807) is 19.1 Å². The molecule has 0 aliphatic carbocycles. The highest BCUT2D eigenvalue weighted by molar-refractivity contribution is 5.71. The lowest BCUT2D eigenvalue weighted by Crippen LogP contribution is -2.23. The van der Waals surface area contributed by atoms with Crippen LogP contribution >= 0.6 is 0 Å². The zero-order valence-electron chi connectivity index (χ0n) is 16.4. The number of nitrogen functional groups attached to an aromatic ring is 1. The zero-order chi connectivity index (χ0) is 20.3. The number of anilines is 1. The van der Waals surface area contributed by atoms with Crippen LogP contribution in [0.5, 0.6) is 5.75 Å². The van der Waals surface area contributed by atoms with Crippen LogP contribution in [0.15, 0.2) is 36.5 Å². The fourth-order valence-electron chi connectivity index (χ4n) is 3.24. The molecule has 1 aromatic carbocycles. The summed E-state index contributed by atoms with van der Waals surface area (Å²) in [6.45, 7) is 8.79. The Morgan fingerprint density at radius 1 is 1.21 bits per heavy atom. The lowest BCUT2D eigenvalue weighted by molar-refractivity contribution is -0.385. The Bertz CT molecular complexity index is 995. The quantitative estimate of drug-likeness (QED) is 0.470. The Kier molecular flexibility index (Phi) is 5.79. The molecular weight excluding hydrogens is 358 g/mol. The van der Waals surface area contributed by atoms with Crippen molar-refractivity contribution < 1.29 is 9.66 Å². The largest absolute Gasteiger partial charge is 0.487 e. The van der Waals surface area contributed by atoms with Crippen LogP contribution in [-0.2, 0) is 6.54 Å². The lowest BCUT2D eigenvalue weighted by Gasteiger charge is -2.18. The van der Waals surface area contributed by atoms with Crippen LogP contribution in [0.25, 0.3) is 16.9 Å². The minimum atomic E-state index is -0.424. The number of nitro benzene ring substituents is 1. The van der Waals surface area contributed by atoms with Gasteiger partial charge in [-0.05, 0) is 44.3 Å². The first-order valence-corrected chi connectivity index (χ1v) is 9.38. The van der Waals surface area contributed by atoms with E-state index >= 15 is 0 Å². The van der Waals surface area contributed by atoms with Crippen LogP contribution in [0.3, 0.4) is 0 Å². The van der Waals surface area contributed by atoms with Gasteiger partial charge in [-0.3, -0.25) is 15.0 Å². The summed E-state index contributed by atoms with van der Waals surface area (Å²) in [4.78, 5) is 18.1. The van der Waals surface area contributed by atoms with E-state index in [1.807, 2.05) is 22.7 Å². The third-order valence-electron chi connectivity index (χ3n) is 4.74. The predicted octanol–water partition coefficient (Wildman–Crippen LogP) is 3.73. The summed E-state index contributed by atoms with van der Waals surface area (Å²) in [7, 11) is 0. The molecule has 3 aromatic rings. The summed E-state index contributed by atoms with van der Waals surface area (Å²) in [6.07, 6.45) is 1.84. The topological polar surface area (TPSA) is 98.9 Å². The monoisotopic (exact) mass is 383 g/mol. The number of aromatic nitrogens is 2. The molecule has 0 aliphatic rings. The van der Waals surface area contributed by atoms with Crippen LogP contribution < -0.4 is 10.5 Å². The number of hydrogen-bond acceptors (Lipinski definition) is 6. The number of rotatable bonds is 8. The smallest absolute Gasteiger partial charge is 0.311 e. The van der Waals surface area contributed by atoms with E-state index in [2.05, 4.69) is 18.7 Å². The van der Waals surface area contributed by atoms with Crippen molar-refractivity contribution >= 4 is 17.0 Å². The minimum Gasteiger partial charge on any atom is -0.487 e. The average molecular weight is 383 g/mol. The number of ether oxygens (including phenoxy) is 1. The summed E-state index contributed by atoms with van der Waals surface area (Å²) in [5.74, 6) is 0.259. The maximum Gasteiger partial charge on any atom is 0.311 e. The molecule has 0 saturated carbocycles. The van der Waals surface area contributed by atoms with Crippen molar-refractivity contribution in [1.29, 1.82) is 0 Å². The van der Waals surface area contributed by atoms with E-state index in [0.29, 0.717) is 30.1 Å². The Morgan fingerprint density at radius 2 is 1.96 bits per heavy atom. The van der Waals surface area contributed by atoms with E-state index in [4.69, 9.17) is 15.5 Å². The minimum absolute atomic E-state index is 0.0651. The highest BCUT2D eigenvalue weighted by Gasteiger charge is 2.21. The van der Waals surface area contributed by atoms with Crippen molar-refractivity contribution in [2.45, 2.75) is 27.3 Å². The van der Waals surface area contributed by atoms with E-state index in [1.165, 1.54) is 6.07 Å². The van der Waals surface area contributed by atoms with E-state index < -0.39 is 4.92 Å². The summed E-state index contributed by atoms with van der Waals surface area (Å²) in [5.41, 5.74) is 9.65. The number of benzene rings is 1. The number of nitrogens with zero attached hydrogens (tertiary/aromatic N) is 4. The normalized spacial score (nSPS) is 11.3. The molecule has 8 nitrogen and oxygen atoms in total. The Labute approximate surface area is 163 Å². The molecule has 2 N–H and O–H groups in total. The molecule has 3 rings (SSSR count). The maximum absolute atomic E-state index is 11.5. The van der Waals surface area contributed by atoms with Crippen molar-refractivity contribution in [2.75, 3.05) is 25.4 Å². The molecule has 2 heterocycles. The van der Waals surface area contributed by atoms with Gasteiger partial charge in [0.15, 0.2) is 5.75 Å². The van der Waals surface area contributed by atoms with Gasteiger partial charge in [0, 0.05) is 30.1 Å². The first-order valence-electron chi connectivity index (χ1n) is 9.38. The van der Waals surface area contributed by atoms with Crippen molar-refractivity contribution in [2.24, 2.45) is 0 Å². The molecule has 148 valence electrons. The molecule has 0 aliphatic heterocycles. The van der Waals surface area contributed by atoms with Crippen LogP contribution in [0.1, 0.15) is 26.5 Å². The fraction of sp³-hybridized carbons (Fsp3) is 0.350. The number of nitro groups is 1. The third-order valence-corrected chi connectivity index (χ3v) is 4.74. The molecule has 0 radical (unpaired) electrons. The summed E-state index contributed by atoms with van der Waals surface area (Å²) in [5, 5.41) is 11.5. The van der Waals surface area contributed by atoms with Gasteiger partial charge in [0.1, 0.15) is 5.65 Å². The van der Waals surface area contributed by atoms with Crippen LogP contribution in [0.2, 0.25) is 0 Å². The summed E-state index contributed by atoms with van der Waals surface area (Å²) < 4.78 is 7.36. The van der Waals surface area contributed by atoms with Crippen LogP contribution in [0.4, 0.5) is 11.4 Å². The van der Waals surface area contributed by atoms with Crippen molar-refractivity contribution in [3.05, 3.63) is 52.3 Å². The Balaban J connectivity index is 2.19. The van der Waals surface area contributed by atoms with E-state index in [-0.39, 0.29) is 11.4 Å². The highest BCUT2D eigenvalue weighted by atomic mass is 16.6. The van der Waals surface area contributed by atoms with Gasteiger partial charge in [0.25, 0.3) is 0 Å². The maximum atomic E-state index is 11.5. The third kappa shape index (κ3) is 3.77. The number of fused-ring (bicyclic) bond motifs is 1. The van der Waals surface area contributed by atoms with Gasteiger partial charge in [-0.2, -0.15) is 0 Å². The fourth-order valence-corrected chi connectivity index (χ4v) is 3.24. The van der Waals surface area contributed by atoms with Gasteiger partial charge in [0.05, 0.1) is 22.9 Å². The number of imidazole rings is 1. The standard InChI is InChI=1S/C20H25N5O3/c1-4-23(5-2)13-17-20(22-19-10-8-15(21)12-24(17)19)14-7-9-18(28-6-3)16(11-14)25(26)27/h7-12H,4-6,13,21H2,1-3H3. The highest BCUT2D eigenvalue weighted by Crippen LogP contribution is 2.34. The van der Waals surface area contributed by atoms with Crippen LogP contribution in [-0.4, -0.2) is 38.9 Å². The average Bonchev–Trinajstić information content (AvgIpc) is 3.03. The second kappa shape index (κ2) is 8.26. The first kappa shape index (κ1) is 19.6. The Morgan fingerprint density at radius 3 is 2.61 bits per heavy atom. The van der Waals surface area contributed by atoms with Gasteiger partial charge in [-0.15, -0.1) is 0 Å². The van der Waals surface area contributed by atoms with Gasteiger partial charge < -0.3 is 14.9 Å². The molecule has 8 heteroatoms. The van der Waals surface area contributed by atoms with Gasteiger partial charge in [-0.25, -0.2) is 4.98 Å². The molecule has 28 heavy (non-hydrogen) atoms. The summed E-state index contributed by atoms with van der Waals surface area (Å²) in [6, 6.07) is 8.63. The second-order valence-electron chi connectivity index (χ2n) is 6.43. The zero-order valence-corrected chi connectivity index (χ0v) is 16.4. The van der Waals surface area contributed by atoms with Gasteiger partial charge >= 0.3 is 5.69 Å². The molecule has 0 amide bonds. The lowest BCUT2D eigenvalue weighted by atomic mass is 10.1. The van der Waals surface area contributed by atoms with Crippen molar-refractivity contribution in [3.63, 3.8) is 0 Å². The van der Waals surface area contributed by atoms with Gasteiger partial charge in [0.2, 0.25) is 0 Å².